The average molecular weight is 258 g/mol. The Morgan fingerprint density at radius 3 is 2.28 bits per heavy atom. The lowest BCUT2D eigenvalue weighted by Gasteiger charge is -2.25. The first kappa shape index (κ1) is 16.9. The Labute approximate surface area is 110 Å². The molecule has 0 heterocycles. The standard InChI is InChI=1S/C13H26N2O3/c1-6-12(16)15(9-7-8-14(3)4)10-11(2)13(17)18-5/h11H,6-10H2,1-5H3. The monoisotopic (exact) mass is 258 g/mol. The van der Waals surface area contributed by atoms with E-state index in [1.165, 1.54) is 7.11 Å². The number of amides is 1. The second kappa shape index (κ2) is 8.91. The first-order valence-corrected chi connectivity index (χ1v) is 6.42. The van der Waals surface area contributed by atoms with E-state index in [1.807, 2.05) is 21.0 Å². The van der Waals surface area contributed by atoms with Gasteiger partial charge in [0.05, 0.1) is 13.0 Å². The highest BCUT2D eigenvalue weighted by atomic mass is 16.5. The predicted molar refractivity (Wildman–Crippen MR) is 71.2 cm³/mol. The van der Waals surface area contributed by atoms with Gasteiger partial charge in [0.2, 0.25) is 5.91 Å². The fourth-order valence-corrected chi connectivity index (χ4v) is 1.73. The molecule has 18 heavy (non-hydrogen) atoms. The first-order valence-electron chi connectivity index (χ1n) is 6.42. The van der Waals surface area contributed by atoms with Crippen molar-refractivity contribution in [1.29, 1.82) is 0 Å². The number of methoxy groups -OCH3 is 1. The summed E-state index contributed by atoms with van der Waals surface area (Å²) in [6.45, 7) is 5.68. The van der Waals surface area contributed by atoms with Crippen LogP contribution in [0.4, 0.5) is 0 Å². The third-order valence-electron chi connectivity index (χ3n) is 2.79. The van der Waals surface area contributed by atoms with Crippen molar-refractivity contribution in [3.05, 3.63) is 0 Å². The van der Waals surface area contributed by atoms with Crippen LogP contribution in [0.5, 0.6) is 0 Å². The lowest BCUT2D eigenvalue weighted by Crippen LogP contribution is -2.38. The van der Waals surface area contributed by atoms with E-state index in [-0.39, 0.29) is 17.8 Å². The van der Waals surface area contributed by atoms with Gasteiger partial charge in [0, 0.05) is 19.5 Å². The molecule has 0 bridgehead atoms. The summed E-state index contributed by atoms with van der Waals surface area (Å²) < 4.78 is 4.68. The van der Waals surface area contributed by atoms with Gasteiger partial charge in [-0.1, -0.05) is 13.8 Å². The third-order valence-corrected chi connectivity index (χ3v) is 2.79. The third kappa shape index (κ3) is 6.59. The molecule has 1 unspecified atom stereocenters. The van der Waals surface area contributed by atoms with Gasteiger partial charge in [0.25, 0.3) is 0 Å². The Hall–Kier alpha value is -1.10. The van der Waals surface area contributed by atoms with E-state index in [1.54, 1.807) is 11.8 Å². The highest BCUT2D eigenvalue weighted by Crippen LogP contribution is 2.05. The largest absolute Gasteiger partial charge is 0.469 e. The lowest BCUT2D eigenvalue weighted by molar-refractivity contribution is -0.146. The molecule has 0 aliphatic carbocycles. The Bertz CT molecular complexity index is 267. The molecule has 0 aromatic carbocycles. The number of carbonyl (C=O) groups excluding carboxylic acids is 2. The maximum Gasteiger partial charge on any atom is 0.310 e. The topological polar surface area (TPSA) is 49.9 Å². The minimum atomic E-state index is -0.273. The molecule has 0 saturated carbocycles. The van der Waals surface area contributed by atoms with E-state index < -0.39 is 0 Å². The summed E-state index contributed by atoms with van der Waals surface area (Å²) >= 11 is 0. The van der Waals surface area contributed by atoms with E-state index in [2.05, 4.69) is 9.64 Å². The Morgan fingerprint density at radius 2 is 1.83 bits per heavy atom. The number of esters is 1. The second-order valence-electron chi connectivity index (χ2n) is 4.77. The minimum absolute atomic E-state index is 0.0875. The Kier molecular flexibility index (Phi) is 8.37. The molecule has 1 amide bonds. The van der Waals surface area contributed by atoms with Gasteiger partial charge in [-0.3, -0.25) is 9.59 Å². The van der Waals surface area contributed by atoms with Crippen molar-refractivity contribution in [3.63, 3.8) is 0 Å². The molecular formula is C13H26N2O3. The molecule has 0 aromatic rings. The Morgan fingerprint density at radius 1 is 1.22 bits per heavy atom. The molecule has 0 N–H and O–H groups in total. The molecule has 1 atom stereocenters. The zero-order valence-corrected chi connectivity index (χ0v) is 12.2. The molecule has 5 heteroatoms. The summed E-state index contributed by atoms with van der Waals surface area (Å²) in [5.41, 5.74) is 0. The van der Waals surface area contributed by atoms with Crippen molar-refractivity contribution >= 4 is 11.9 Å². The number of hydrogen-bond acceptors (Lipinski definition) is 4. The van der Waals surface area contributed by atoms with Gasteiger partial charge < -0.3 is 14.5 Å². The number of nitrogens with zero attached hydrogens (tertiary/aromatic N) is 2. The zero-order valence-electron chi connectivity index (χ0n) is 12.2. The SMILES string of the molecule is CCC(=O)N(CCCN(C)C)CC(C)C(=O)OC. The zero-order chi connectivity index (χ0) is 14.1. The van der Waals surface area contributed by atoms with Crippen molar-refractivity contribution in [2.45, 2.75) is 26.7 Å². The fraction of sp³-hybridized carbons (Fsp3) is 0.846. The van der Waals surface area contributed by atoms with Crippen LogP contribution >= 0.6 is 0 Å². The van der Waals surface area contributed by atoms with Gasteiger partial charge in [0.15, 0.2) is 0 Å². The summed E-state index contributed by atoms with van der Waals surface area (Å²) in [7, 11) is 5.38. The van der Waals surface area contributed by atoms with Crippen LogP contribution < -0.4 is 0 Å². The predicted octanol–water partition coefficient (Wildman–Crippen LogP) is 0.986. The number of ether oxygens (including phenoxy) is 1. The van der Waals surface area contributed by atoms with E-state index in [4.69, 9.17) is 0 Å². The molecule has 106 valence electrons. The van der Waals surface area contributed by atoms with Gasteiger partial charge in [-0.2, -0.15) is 0 Å². The summed E-state index contributed by atoms with van der Waals surface area (Å²) in [5, 5.41) is 0. The van der Waals surface area contributed by atoms with Crippen molar-refractivity contribution < 1.29 is 14.3 Å². The molecule has 0 fully saturated rings. The van der Waals surface area contributed by atoms with Crippen LogP contribution in [0, 0.1) is 5.92 Å². The summed E-state index contributed by atoms with van der Waals surface area (Å²) in [4.78, 5) is 27.0. The van der Waals surface area contributed by atoms with Crippen LogP contribution in [-0.4, -0.2) is 62.5 Å². The maximum absolute atomic E-state index is 11.8. The van der Waals surface area contributed by atoms with E-state index >= 15 is 0 Å². The van der Waals surface area contributed by atoms with Crippen molar-refractivity contribution in [1.82, 2.24) is 9.80 Å². The van der Waals surface area contributed by atoms with E-state index in [0.29, 0.717) is 19.5 Å². The van der Waals surface area contributed by atoms with Crippen molar-refractivity contribution in [2.75, 3.05) is 40.8 Å². The minimum Gasteiger partial charge on any atom is -0.469 e. The van der Waals surface area contributed by atoms with Crippen LogP contribution in [0.15, 0.2) is 0 Å². The quantitative estimate of drug-likeness (QED) is 0.609. The molecular weight excluding hydrogens is 232 g/mol. The van der Waals surface area contributed by atoms with Crippen LogP contribution in [0.2, 0.25) is 0 Å². The van der Waals surface area contributed by atoms with Gasteiger partial charge in [-0.15, -0.1) is 0 Å². The van der Waals surface area contributed by atoms with Gasteiger partial charge in [-0.05, 0) is 27.1 Å². The van der Waals surface area contributed by atoms with Gasteiger partial charge >= 0.3 is 5.97 Å². The molecule has 0 rings (SSSR count). The van der Waals surface area contributed by atoms with Crippen LogP contribution in [0.1, 0.15) is 26.7 Å². The van der Waals surface area contributed by atoms with E-state index in [9.17, 15) is 9.59 Å². The van der Waals surface area contributed by atoms with Gasteiger partial charge in [0.1, 0.15) is 0 Å². The molecule has 5 nitrogen and oxygen atoms in total. The molecule has 0 aliphatic rings. The summed E-state index contributed by atoms with van der Waals surface area (Å²) in [6.07, 6.45) is 1.38. The van der Waals surface area contributed by atoms with Crippen molar-refractivity contribution in [3.8, 4) is 0 Å². The van der Waals surface area contributed by atoms with Gasteiger partial charge in [-0.25, -0.2) is 0 Å². The number of rotatable bonds is 8. The summed E-state index contributed by atoms with van der Waals surface area (Å²) in [6, 6.07) is 0. The lowest BCUT2D eigenvalue weighted by atomic mass is 10.1. The second-order valence-corrected chi connectivity index (χ2v) is 4.77. The van der Waals surface area contributed by atoms with Crippen LogP contribution in [0.3, 0.4) is 0 Å². The molecule has 0 spiro atoms. The molecule has 0 radical (unpaired) electrons. The van der Waals surface area contributed by atoms with Crippen LogP contribution in [-0.2, 0) is 14.3 Å². The highest BCUT2D eigenvalue weighted by Gasteiger charge is 2.20. The highest BCUT2D eigenvalue weighted by molar-refractivity contribution is 5.77. The number of carbonyl (C=O) groups is 2. The molecule has 0 aromatic heterocycles. The maximum atomic E-state index is 11.8. The summed E-state index contributed by atoms with van der Waals surface area (Å²) in [5.74, 6) is -0.453. The number of hydrogen-bond donors (Lipinski definition) is 0. The van der Waals surface area contributed by atoms with Crippen LogP contribution in [0.25, 0.3) is 0 Å². The molecule has 0 aliphatic heterocycles. The molecule has 0 saturated heterocycles. The van der Waals surface area contributed by atoms with E-state index in [0.717, 1.165) is 13.0 Å². The average Bonchev–Trinajstić information content (AvgIpc) is 2.34. The first-order chi connectivity index (χ1) is 8.42. The van der Waals surface area contributed by atoms with Crippen molar-refractivity contribution in [2.24, 2.45) is 5.92 Å². The Balaban J connectivity index is 4.31. The normalized spacial score (nSPS) is 12.3. The smallest absolute Gasteiger partial charge is 0.310 e. The fourth-order valence-electron chi connectivity index (χ4n) is 1.73.